The van der Waals surface area contributed by atoms with E-state index in [1.807, 2.05) is 18.2 Å². The fourth-order valence-corrected chi connectivity index (χ4v) is 4.57. The summed E-state index contributed by atoms with van der Waals surface area (Å²) in [6.45, 7) is 5.02. The Hall–Kier alpha value is -1.82. The molecule has 0 atom stereocenters. The van der Waals surface area contributed by atoms with Crippen molar-refractivity contribution in [3.63, 3.8) is 0 Å². The van der Waals surface area contributed by atoms with Gasteiger partial charge in [0.2, 0.25) is 0 Å². The smallest absolute Gasteiger partial charge is 0.272 e. The maximum atomic E-state index is 12.4. The van der Waals surface area contributed by atoms with Gasteiger partial charge in [-0.15, -0.1) is 0 Å². The van der Waals surface area contributed by atoms with Crippen LogP contribution in [0.2, 0.25) is 5.02 Å². The van der Waals surface area contributed by atoms with Gasteiger partial charge in [-0.3, -0.25) is 4.79 Å². The van der Waals surface area contributed by atoms with Crippen LogP contribution in [-0.4, -0.2) is 22.5 Å². The van der Waals surface area contributed by atoms with Crippen LogP contribution in [0.3, 0.4) is 0 Å². The molecule has 1 amide bonds. The summed E-state index contributed by atoms with van der Waals surface area (Å²) in [7, 11) is 0. The fraction of sp³-hybridized carbons (Fsp3) is 0.238. The highest BCUT2D eigenvalue weighted by Gasteiger charge is 2.10. The van der Waals surface area contributed by atoms with Crippen molar-refractivity contribution in [2.45, 2.75) is 20.4 Å². The van der Waals surface area contributed by atoms with Crippen molar-refractivity contribution in [1.82, 2.24) is 4.57 Å². The standard InChI is InChI=1S/C21H21ClN2OS2/c1-14-12-15(2)20-18(13-14)24(10-11-26-3)21(27-20)23-19(25)9-8-16-6-4-5-7-17(16)22/h4-9,12-13H,10-11H2,1-3H3/b9-8+,23-21?. The second kappa shape index (κ2) is 8.91. The molecule has 0 saturated carbocycles. The number of thiazole rings is 1. The molecule has 0 fully saturated rings. The number of aromatic nitrogens is 1. The Labute approximate surface area is 172 Å². The average Bonchev–Trinajstić information content (AvgIpc) is 2.96. The van der Waals surface area contributed by atoms with Crippen LogP contribution in [0.4, 0.5) is 0 Å². The molecule has 0 unspecified atom stereocenters. The zero-order valence-corrected chi connectivity index (χ0v) is 17.9. The van der Waals surface area contributed by atoms with E-state index in [1.165, 1.54) is 21.9 Å². The highest BCUT2D eigenvalue weighted by molar-refractivity contribution is 7.98. The normalized spacial score (nSPS) is 12.4. The molecule has 0 radical (unpaired) electrons. The Kier molecular flexibility index (Phi) is 6.58. The lowest BCUT2D eigenvalue weighted by Gasteiger charge is -2.05. The van der Waals surface area contributed by atoms with Crippen LogP contribution < -0.4 is 4.80 Å². The van der Waals surface area contributed by atoms with Gasteiger partial charge in [0.15, 0.2) is 4.80 Å². The highest BCUT2D eigenvalue weighted by Crippen LogP contribution is 2.23. The molecule has 0 bridgehead atoms. The first-order chi connectivity index (χ1) is 13.0. The minimum absolute atomic E-state index is 0.284. The van der Waals surface area contributed by atoms with Gasteiger partial charge in [0, 0.05) is 23.4 Å². The first-order valence-electron chi connectivity index (χ1n) is 8.60. The lowest BCUT2D eigenvalue weighted by Crippen LogP contribution is -2.17. The SMILES string of the molecule is CSCCn1c(=NC(=O)/C=C/c2ccccc2Cl)sc2c(C)cc(C)cc21. The number of rotatable bonds is 5. The molecule has 6 heteroatoms. The minimum Gasteiger partial charge on any atom is -0.315 e. The first kappa shape index (κ1) is 19.9. The molecule has 0 aliphatic rings. The number of carbonyl (C=O) groups is 1. The van der Waals surface area contributed by atoms with Crippen LogP contribution in [0.1, 0.15) is 16.7 Å². The van der Waals surface area contributed by atoms with Gasteiger partial charge in [-0.25, -0.2) is 0 Å². The molecule has 0 spiro atoms. The number of carbonyl (C=O) groups excluding carboxylic acids is 1. The maximum Gasteiger partial charge on any atom is 0.272 e. The van der Waals surface area contributed by atoms with Crippen molar-refractivity contribution in [3.8, 4) is 0 Å². The monoisotopic (exact) mass is 416 g/mol. The lowest BCUT2D eigenvalue weighted by atomic mass is 10.1. The topological polar surface area (TPSA) is 34.4 Å². The largest absolute Gasteiger partial charge is 0.315 e. The third-order valence-electron chi connectivity index (χ3n) is 4.15. The van der Waals surface area contributed by atoms with Gasteiger partial charge in [-0.1, -0.05) is 47.2 Å². The summed E-state index contributed by atoms with van der Waals surface area (Å²) in [4.78, 5) is 17.5. The summed E-state index contributed by atoms with van der Waals surface area (Å²) in [5.74, 6) is 0.684. The molecule has 0 saturated heterocycles. The molecule has 3 aromatic rings. The Morgan fingerprint density at radius 1 is 1.30 bits per heavy atom. The zero-order valence-electron chi connectivity index (χ0n) is 15.5. The molecule has 3 rings (SSSR count). The Morgan fingerprint density at radius 2 is 2.07 bits per heavy atom. The molecule has 140 valence electrons. The van der Waals surface area contributed by atoms with Gasteiger partial charge < -0.3 is 4.57 Å². The van der Waals surface area contributed by atoms with Crippen molar-refractivity contribution < 1.29 is 4.79 Å². The van der Waals surface area contributed by atoms with Gasteiger partial charge in [0.05, 0.1) is 10.2 Å². The van der Waals surface area contributed by atoms with Gasteiger partial charge >= 0.3 is 0 Å². The van der Waals surface area contributed by atoms with E-state index in [0.29, 0.717) is 5.02 Å². The second-order valence-electron chi connectivity index (χ2n) is 6.26. The molecule has 0 N–H and O–H groups in total. The molecule has 27 heavy (non-hydrogen) atoms. The molecule has 3 nitrogen and oxygen atoms in total. The zero-order chi connectivity index (χ0) is 19.4. The van der Waals surface area contributed by atoms with E-state index >= 15 is 0 Å². The van der Waals surface area contributed by atoms with Gasteiger partial charge in [0.1, 0.15) is 0 Å². The molecular formula is C21H21ClN2OS2. The maximum absolute atomic E-state index is 12.4. The molecular weight excluding hydrogens is 396 g/mol. The van der Waals surface area contributed by atoms with Crippen molar-refractivity contribution in [1.29, 1.82) is 0 Å². The third-order valence-corrected chi connectivity index (χ3v) is 6.31. The summed E-state index contributed by atoms with van der Waals surface area (Å²) in [6.07, 6.45) is 5.27. The Morgan fingerprint density at radius 3 is 2.81 bits per heavy atom. The van der Waals surface area contributed by atoms with E-state index < -0.39 is 0 Å². The minimum atomic E-state index is -0.284. The Bertz CT molecular complexity index is 1080. The summed E-state index contributed by atoms with van der Waals surface area (Å²) in [5.41, 5.74) is 4.38. The van der Waals surface area contributed by atoms with Crippen molar-refractivity contribution in [2.24, 2.45) is 4.99 Å². The predicted octanol–water partition coefficient (Wildman–Crippen LogP) is 5.48. The van der Waals surface area contributed by atoms with E-state index in [4.69, 9.17) is 11.6 Å². The number of nitrogens with zero attached hydrogens (tertiary/aromatic N) is 2. The van der Waals surface area contributed by atoms with Crippen molar-refractivity contribution in [2.75, 3.05) is 12.0 Å². The molecule has 0 aliphatic carbocycles. The van der Waals surface area contributed by atoms with Gasteiger partial charge in [-0.2, -0.15) is 16.8 Å². The van der Waals surface area contributed by atoms with Gasteiger partial charge in [0.25, 0.3) is 5.91 Å². The predicted molar refractivity (Wildman–Crippen MR) is 119 cm³/mol. The number of fused-ring (bicyclic) bond motifs is 1. The quantitative estimate of drug-likeness (QED) is 0.516. The van der Waals surface area contributed by atoms with Crippen LogP contribution in [-0.2, 0) is 11.3 Å². The van der Waals surface area contributed by atoms with Crippen LogP contribution in [0, 0.1) is 13.8 Å². The molecule has 0 aliphatic heterocycles. The number of halogens is 1. The van der Waals surface area contributed by atoms with E-state index in [0.717, 1.165) is 28.2 Å². The van der Waals surface area contributed by atoms with Crippen molar-refractivity contribution >= 4 is 56.9 Å². The molecule has 1 heterocycles. The van der Waals surface area contributed by atoms with E-state index in [9.17, 15) is 4.79 Å². The number of hydrogen-bond donors (Lipinski definition) is 0. The second-order valence-corrected chi connectivity index (χ2v) is 8.63. The number of thioether (sulfide) groups is 1. The van der Waals surface area contributed by atoms with Crippen LogP contribution in [0.15, 0.2) is 47.5 Å². The van der Waals surface area contributed by atoms with Crippen LogP contribution in [0.5, 0.6) is 0 Å². The van der Waals surface area contributed by atoms with E-state index in [1.54, 1.807) is 35.2 Å². The van der Waals surface area contributed by atoms with Gasteiger partial charge in [-0.05, 0) is 55.0 Å². The van der Waals surface area contributed by atoms with E-state index in [-0.39, 0.29) is 5.91 Å². The number of hydrogen-bond acceptors (Lipinski definition) is 3. The average molecular weight is 417 g/mol. The van der Waals surface area contributed by atoms with Crippen LogP contribution in [0.25, 0.3) is 16.3 Å². The lowest BCUT2D eigenvalue weighted by molar-refractivity contribution is -0.113. The Balaban J connectivity index is 2.02. The summed E-state index contributed by atoms with van der Waals surface area (Å²) < 4.78 is 3.33. The number of aryl methyl sites for hydroxylation is 3. The third kappa shape index (κ3) is 4.72. The number of amides is 1. The fourth-order valence-electron chi connectivity index (χ4n) is 2.90. The molecule has 1 aromatic heterocycles. The molecule has 2 aromatic carbocycles. The van der Waals surface area contributed by atoms with Crippen molar-refractivity contribution in [3.05, 3.63) is 69.0 Å². The summed E-state index contributed by atoms with van der Waals surface area (Å²) >= 11 is 9.49. The first-order valence-corrected chi connectivity index (χ1v) is 11.2. The van der Waals surface area contributed by atoms with Crippen LogP contribution >= 0.6 is 34.7 Å². The summed E-state index contributed by atoms with van der Waals surface area (Å²) in [6, 6.07) is 11.8. The highest BCUT2D eigenvalue weighted by atomic mass is 35.5. The van der Waals surface area contributed by atoms with E-state index in [2.05, 4.69) is 41.8 Å². The number of benzene rings is 2. The summed E-state index contributed by atoms with van der Waals surface area (Å²) in [5, 5.41) is 0.615.